The normalized spacial score (nSPS) is 15.4. The highest BCUT2D eigenvalue weighted by atomic mass is 79.9. The van der Waals surface area contributed by atoms with E-state index in [0.29, 0.717) is 4.47 Å². The zero-order valence-electron chi connectivity index (χ0n) is 7.56. The topological polar surface area (TPSA) is 24.4 Å². The van der Waals surface area contributed by atoms with Gasteiger partial charge in [-0.1, -0.05) is 0 Å². The van der Waals surface area contributed by atoms with E-state index in [2.05, 4.69) is 26.2 Å². The maximum Gasteiger partial charge on any atom is 0.139 e. The van der Waals surface area contributed by atoms with Gasteiger partial charge in [0, 0.05) is 18.7 Å². The molecule has 0 fully saturated rings. The monoisotopic (exact) mass is 256 g/mol. The molecule has 0 saturated heterocycles. The van der Waals surface area contributed by atoms with Crippen molar-refractivity contribution < 1.29 is 4.39 Å². The molecule has 1 N–H and O–H groups in total. The molecule has 0 aromatic heterocycles. The summed E-state index contributed by atoms with van der Waals surface area (Å²) in [5.41, 5.74) is 0.756. The minimum atomic E-state index is -0.256. The van der Waals surface area contributed by atoms with Crippen LogP contribution in [0.25, 0.3) is 0 Å². The molecule has 1 aromatic rings. The molecule has 1 aliphatic rings. The van der Waals surface area contributed by atoms with E-state index in [1.807, 2.05) is 6.07 Å². The number of nitrogens with one attached hydrogen (secondary N) is 1. The first kappa shape index (κ1) is 9.65. The van der Waals surface area contributed by atoms with Gasteiger partial charge < -0.3 is 5.32 Å². The lowest BCUT2D eigenvalue weighted by Gasteiger charge is -2.05. The third-order valence-electron chi connectivity index (χ3n) is 2.08. The van der Waals surface area contributed by atoms with E-state index in [4.69, 9.17) is 0 Å². The molecular formula is C10H10BrFN2. The summed E-state index contributed by atoms with van der Waals surface area (Å²) < 4.78 is 13.6. The van der Waals surface area contributed by atoms with Crippen LogP contribution in [0, 0.1) is 5.82 Å². The van der Waals surface area contributed by atoms with Crippen LogP contribution in [0.15, 0.2) is 27.7 Å². The summed E-state index contributed by atoms with van der Waals surface area (Å²) in [5, 5.41) is 3.10. The molecule has 1 heterocycles. The average molecular weight is 257 g/mol. The van der Waals surface area contributed by atoms with Gasteiger partial charge in [-0.15, -0.1) is 0 Å². The van der Waals surface area contributed by atoms with Gasteiger partial charge in [0.1, 0.15) is 11.7 Å². The standard InChI is InChI=1S/C10H10BrFN2/c11-8-4-3-7(6-9(8)12)14-10-2-1-5-13-10/h3-4,6H,1-2,5H2,(H,13,14). The van der Waals surface area contributed by atoms with E-state index < -0.39 is 0 Å². The Labute approximate surface area is 90.4 Å². The number of rotatable bonds is 1. The number of anilines is 1. The molecule has 4 heteroatoms. The number of hydrogen-bond acceptors (Lipinski definition) is 2. The van der Waals surface area contributed by atoms with Crippen LogP contribution in [0.4, 0.5) is 10.1 Å². The fourth-order valence-corrected chi connectivity index (χ4v) is 1.63. The smallest absolute Gasteiger partial charge is 0.139 e. The summed E-state index contributed by atoms with van der Waals surface area (Å²) in [6.07, 6.45) is 2.04. The van der Waals surface area contributed by atoms with Crippen LogP contribution < -0.4 is 5.32 Å². The first-order valence-corrected chi connectivity index (χ1v) is 5.30. The van der Waals surface area contributed by atoms with Crippen molar-refractivity contribution in [2.45, 2.75) is 12.8 Å². The highest BCUT2D eigenvalue weighted by Crippen LogP contribution is 2.20. The van der Waals surface area contributed by atoms with Crippen LogP contribution in [0.1, 0.15) is 12.8 Å². The first-order chi connectivity index (χ1) is 6.75. The summed E-state index contributed by atoms with van der Waals surface area (Å²) in [6, 6.07) is 4.98. The van der Waals surface area contributed by atoms with Crippen molar-refractivity contribution >= 4 is 27.5 Å². The van der Waals surface area contributed by atoms with Crippen molar-refractivity contribution in [3.63, 3.8) is 0 Å². The molecule has 0 saturated carbocycles. The number of hydrogen-bond donors (Lipinski definition) is 1. The van der Waals surface area contributed by atoms with Gasteiger partial charge in [0.2, 0.25) is 0 Å². The maximum atomic E-state index is 13.1. The lowest BCUT2D eigenvalue weighted by Crippen LogP contribution is -2.08. The maximum absolute atomic E-state index is 13.1. The van der Waals surface area contributed by atoms with Gasteiger partial charge in [0.05, 0.1) is 4.47 Å². The van der Waals surface area contributed by atoms with E-state index >= 15 is 0 Å². The Hall–Kier alpha value is -0.900. The van der Waals surface area contributed by atoms with Crippen molar-refractivity contribution in [3.8, 4) is 0 Å². The summed E-state index contributed by atoms with van der Waals surface area (Å²) in [4.78, 5) is 4.25. The predicted octanol–water partition coefficient (Wildman–Crippen LogP) is 3.19. The molecule has 2 nitrogen and oxygen atoms in total. The van der Waals surface area contributed by atoms with Gasteiger partial charge >= 0.3 is 0 Å². The van der Waals surface area contributed by atoms with Crippen LogP contribution in [-0.2, 0) is 0 Å². The Morgan fingerprint density at radius 3 is 2.93 bits per heavy atom. The van der Waals surface area contributed by atoms with Crippen LogP contribution in [0.5, 0.6) is 0 Å². The van der Waals surface area contributed by atoms with Crippen LogP contribution in [0.2, 0.25) is 0 Å². The second-order valence-electron chi connectivity index (χ2n) is 3.19. The van der Waals surface area contributed by atoms with Crippen molar-refractivity contribution in [1.29, 1.82) is 0 Å². The molecule has 1 aliphatic heterocycles. The number of nitrogens with zero attached hydrogens (tertiary/aromatic N) is 1. The summed E-state index contributed by atoms with van der Waals surface area (Å²) in [6.45, 7) is 0.876. The number of amidine groups is 1. The minimum Gasteiger partial charge on any atom is -0.344 e. The first-order valence-electron chi connectivity index (χ1n) is 4.51. The molecule has 0 aliphatic carbocycles. The van der Waals surface area contributed by atoms with E-state index in [0.717, 1.165) is 30.9 Å². The SMILES string of the molecule is Fc1cc(NC2=NCCC2)ccc1Br. The van der Waals surface area contributed by atoms with Gasteiger partial charge in [-0.2, -0.15) is 0 Å². The van der Waals surface area contributed by atoms with Gasteiger partial charge in [-0.05, 0) is 40.5 Å². The Kier molecular flexibility index (Phi) is 2.82. The van der Waals surface area contributed by atoms with Gasteiger partial charge in [0.15, 0.2) is 0 Å². The van der Waals surface area contributed by atoms with E-state index in [1.165, 1.54) is 6.07 Å². The zero-order chi connectivity index (χ0) is 9.97. The largest absolute Gasteiger partial charge is 0.344 e. The van der Waals surface area contributed by atoms with E-state index in [9.17, 15) is 4.39 Å². The molecule has 0 amide bonds. The molecule has 0 bridgehead atoms. The highest BCUT2D eigenvalue weighted by Gasteiger charge is 2.07. The fraction of sp³-hybridized carbons (Fsp3) is 0.300. The van der Waals surface area contributed by atoms with Crippen LogP contribution >= 0.6 is 15.9 Å². The Bertz CT molecular complexity index is 376. The molecule has 1 aromatic carbocycles. The summed E-state index contributed by atoms with van der Waals surface area (Å²) in [7, 11) is 0. The van der Waals surface area contributed by atoms with Crippen molar-refractivity contribution in [2.24, 2.45) is 4.99 Å². The van der Waals surface area contributed by atoms with E-state index in [-0.39, 0.29) is 5.82 Å². The van der Waals surface area contributed by atoms with Gasteiger partial charge in [0.25, 0.3) is 0 Å². The van der Waals surface area contributed by atoms with Crippen LogP contribution in [-0.4, -0.2) is 12.4 Å². The molecule has 0 atom stereocenters. The van der Waals surface area contributed by atoms with Gasteiger partial charge in [-0.25, -0.2) is 4.39 Å². The third-order valence-corrected chi connectivity index (χ3v) is 2.73. The lowest BCUT2D eigenvalue weighted by atomic mass is 10.3. The molecular weight excluding hydrogens is 247 g/mol. The quantitative estimate of drug-likeness (QED) is 0.820. The highest BCUT2D eigenvalue weighted by molar-refractivity contribution is 9.10. The van der Waals surface area contributed by atoms with E-state index in [1.54, 1.807) is 6.07 Å². The average Bonchev–Trinajstić information content (AvgIpc) is 2.64. The number of halogens is 2. The van der Waals surface area contributed by atoms with Crippen molar-refractivity contribution in [2.75, 3.05) is 11.9 Å². The summed E-state index contributed by atoms with van der Waals surface area (Å²) in [5.74, 6) is 0.695. The molecule has 0 spiro atoms. The van der Waals surface area contributed by atoms with Crippen molar-refractivity contribution in [1.82, 2.24) is 0 Å². The molecule has 0 radical (unpaired) electrons. The van der Waals surface area contributed by atoms with Crippen molar-refractivity contribution in [3.05, 3.63) is 28.5 Å². The third kappa shape index (κ3) is 2.12. The molecule has 14 heavy (non-hydrogen) atoms. The minimum absolute atomic E-state index is 0.256. The Morgan fingerprint density at radius 1 is 1.43 bits per heavy atom. The summed E-state index contributed by atoms with van der Waals surface area (Å²) >= 11 is 3.11. The second-order valence-corrected chi connectivity index (χ2v) is 4.04. The molecule has 2 rings (SSSR count). The predicted molar refractivity (Wildman–Crippen MR) is 59.3 cm³/mol. The fourth-order valence-electron chi connectivity index (χ4n) is 1.38. The zero-order valence-corrected chi connectivity index (χ0v) is 9.14. The lowest BCUT2D eigenvalue weighted by molar-refractivity contribution is 0.622. The molecule has 0 unspecified atom stereocenters. The Balaban J connectivity index is 2.13. The number of aliphatic imine (C=N–C) groups is 1. The molecule has 74 valence electrons. The number of benzene rings is 1. The second kappa shape index (κ2) is 4.09. The Morgan fingerprint density at radius 2 is 2.29 bits per heavy atom. The van der Waals surface area contributed by atoms with Crippen LogP contribution in [0.3, 0.4) is 0 Å². The van der Waals surface area contributed by atoms with Gasteiger partial charge in [-0.3, -0.25) is 4.99 Å².